The maximum Gasteiger partial charge on any atom is 0.170 e. The standard InChI is InChI=1S/C12H14N4O/c1-9(2)16-6-4-11(15-16)7-12(17)10-3-5-13-14-8-10/h3-6,8-9H,7H2,1-2H3. The van der Waals surface area contributed by atoms with Gasteiger partial charge in [-0.1, -0.05) is 0 Å². The summed E-state index contributed by atoms with van der Waals surface area (Å²) in [6, 6.07) is 3.84. The monoisotopic (exact) mass is 230 g/mol. The number of Topliss-reactive ketones (excluding diaryl/α,β-unsaturated/α-hetero) is 1. The Morgan fingerprint density at radius 1 is 1.35 bits per heavy atom. The Balaban J connectivity index is 2.08. The van der Waals surface area contributed by atoms with E-state index in [4.69, 9.17) is 0 Å². The normalized spacial score (nSPS) is 10.8. The minimum Gasteiger partial charge on any atom is -0.294 e. The summed E-state index contributed by atoms with van der Waals surface area (Å²) in [7, 11) is 0. The van der Waals surface area contributed by atoms with E-state index in [1.807, 2.05) is 30.8 Å². The second-order valence-corrected chi connectivity index (χ2v) is 4.11. The van der Waals surface area contributed by atoms with E-state index in [1.54, 1.807) is 6.07 Å². The molecule has 17 heavy (non-hydrogen) atoms. The number of hydrogen-bond acceptors (Lipinski definition) is 4. The highest BCUT2D eigenvalue weighted by atomic mass is 16.1. The van der Waals surface area contributed by atoms with Crippen molar-refractivity contribution in [1.29, 1.82) is 0 Å². The molecule has 0 N–H and O–H groups in total. The molecule has 0 aromatic carbocycles. The summed E-state index contributed by atoms with van der Waals surface area (Å²) in [5.41, 5.74) is 1.35. The first-order valence-corrected chi connectivity index (χ1v) is 5.51. The average Bonchev–Trinajstić information content (AvgIpc) is 2.79. The summed E-state index contributed by atoms with van der Waals surface area (Å²) in [5.74, 6) is 0.00825. The number of carbonyl (C=O) groups excluding carboxylic acids is 1. The van der Waals surface area contributed by atoms with E-state index in [-0.39, 0.29) is 5.78 Å². The molecule has 0 saturated heterocycles. The summed E-state index contributed by atoms with van der Waals surface area (Å²) in [5, 5.41) is 11.7. The molecule has 0 aliphatic heterocycles. The third-order valence-corrected chi connectivity index (χ3v) is 2.44. The maximum absolute atomic E-state index is 11.9. The molecule has 0 amide bonds. The van der Waals surface area contributed by atoms with E-state index < -0.39 is 0 Å². The lowest BCUT2D eigenvalue weighted by molar-refractivity contribution is 0.0991. The van der Waals surface area contributed by atoms with Gasteiger partial charge in [0.25, 0.3) is 0 Å². The topological polar surface area (TPSA) is 60.7 Å². The highest BCUT2D eigenvalue weighted by Crippen LogP contribution is 2.07. The van der Waals surface area contributed by atoms with Gasteiger partial charge < -0.3 is 0 Å². The van der Waals surface area contributed by atoms with Gasteiger partial charge in [0.15, 0.2) is 5.78 Å². The molecule has 0 atom stereocenters. The van der Waals surface area contributed by atoms with E-state index in [0.717, 1.165) is 5.69 Å². The van der Waals surface area contributed by atoms with Crippen molar-refractivity contribution >= 4 is 5.78 Å². The van der Waals surface area contributed by atoms with Gasteiger partial charge in [0.2, 0.25) is 0 Å². The van der Waals surface area contributed by atoms with E-state index in [0.29, 0.717) is 18.0 Å². The molecule has 0 aliphatic rings. The number of carbonyl (C=O) groups is 1. The van der Waals surface area contributed by atoms with Gasteiger partial charge in [0, 0.05) is 17.8 Å². The summed E-state index contributed by atoms with van der Waals surface area (Å²) in [6.07, 6.45) is 5.17. The van der Waals surface area contributed by atoms with E-state index in [2.05, 4.69) is 15.3 Å². The van der Waals surface area contributed by atoms with Crippen LogP contribution < -0.4 is 0 Å². The first kappa shape index (κ1) is 11.4. The van der Waals surface area contributed by atoms with Crippen LogP contribution in [0.2, 0.25) is 0 Å². The van der Waals surface area contributed by atoms with Gasteiger partial charge in [-0.05, 0) is 26.0 Å². The third-order valence-electron chi connectivity index (χ3n) is 2.44. The second kappa shape index (κ2) is 4.86. The fourth-order valence-corrected chi connectivity index (χ4v) is 1.48. The minimum absolute atomic E-state index is 0.00825. The molecule has 0 fully saturated rings. The van der Waals surface area contributed by atoms with Crippen LogP contribution >= 0.6 is 0 Å². The Morgan fingerprint density at radius 2 is 2.18 bits per heavy atom. The van der Waals surface area contributed by atoms with Crippen LogP contribution in [0.3, 0.4) is 0 Å². The zero-order valence-corrected chi connectivity index (χ0v) is 9.87. The van der Waals surface area contributed by atoms with Gasteiger partial charge in [-0.3, -0.25) is 9.48 Å². The van der Waals surface area contributed by atoms with E-state index in [1.165, 1.54) is 12.4 Å². The molecular weight excluding hydrogens is 216 g/mol. The van der Waals surface area contributed by atoms with Crippen molar-refractivity contribution in [3.8, 4) is 0 Å². The molecule has 5 nitrogen and oxygen atoms in total. The molecule has 2 heterocycles. The highest BCUT2D eigenvalue weighted by molar-refractivity contribution is 5.96. The van der Waals surface area contributed by atoms with Crippen LogP contribution in [0.4, 0.5) is 0 Å². The van der Waals surface area contributed by atoms with Crippen molar-refractivity contribution in [3.05, 3.63) is 42.0 Å². The first-order chi connectivity index (χ1) is 8.16. The lowest BCUT2D eigenvalue weighted by Gasteiger charge is -2.03. The number of nitrogens with zero attached hydrogens (tertiary/aromatic N) is 4. The molecule has 88 valence electrons. The third kappa shape index (κ3) is 2.75. The molecule has 5 heteroatoms. The van der Waals surface area contributed by atoms with Crippen molar-refractivity contribution in [2.24, 2.45) is 0 Å². The first-order valence-electron chi connectivity index (χ1n) is 5.51. The fourth-order valence-electron chi connectivity index (χ4n) is 1.48. The van der Waals surface area contributed by atoms with E-state index in [9.17, 15) is 4.79 Å². The second-order valence-electron chi connectivity index (χ2n) is 4.11. The fraction of sp³-hybridized carbons (Fsp3) is 0.333. The van der Waals surface area contributed by atoms with Gasteiger partial charge in [0.05, 0.1) is 24.5 Å². The minimum atomic E-state index is 0.00825. The predicted molar refractivity (Wildman–Crippen MR) is 62.7 cm³/mol. The lowest BCUT2D eigenvalue weighted by atomic mass is 10.1. The zero-order valence-electron chi connectivity index (χ0n) is 9.87. The summed E-state index contributed by atoms with van der Waals surface area (Å²) in [4.78, 5) is 11.9. The Kier molecular flexibility index (Phi) is 3.27. The smallest absolute Gasteiger partial charge is 0.170 e. The number of hydrogen-bond donors (Lipinski definition) is 0. The number of aromatic nitrogens is 4. The van der Waals surface area contributed by atoms with E-state index >= 15 is 0 Å². The van der Waals surface area contributed by atoms with Gasteiger partial charge in [-0.2, -0.15) is 15.3 Å². The van der Waals surface area contributed by atoms with Crippen molar-refractivity contribution in [2.45, 2.75) is 26.3 Å². The SMILES string of the molecule is CC(C)n1ccc(CC(=O)c2ccnnc2)n1. The zero-order chi connectivity index (χ0) is 12.3. The van der Waals surface area contributed by atoms with Crippen LogP contribution in [0, 0.1) is 0 Å². The Morgan fingerprint density at radius 3 is 2.76 bits per heavy atom. The molecule has 0 radical (unpaired) electrons. The highest BCUT2D eigenvalue weighted by Gasteiger charge is 2.10. The Bertz CT molecular complexity index is 504. The quantitative estimate of drug-likeness (QED) is 0.750. The molecular formula is C12H14N4O. The van der Waals surface area contributed by atoms with Crippen LogP contribution in [0.5, 0.6) is 0 Å². The van der Waals surface area contributed by atoms with Crippen LogP contribution in [-0.2, 0) is 6.42 Å². The largest absolute Gasteiger partial charge is 0.294 e. The number of rotatable bonds is 4. The van der Waals surface area contributed by atoms with Crippen LogP contribution in [-0.4, -0.2) is 25.8 Å². The average molecular weight is 230 g/mol. The molecule has 0 aliphatic carbocycles. The molecule has 0 spiro atoms. The number of ketones is 1. The van der Waals surface area contributed by atoms with Gasteiger partial charge in [-0.15, -0.1) is 0 Å². The molecule has 2 rings (SSSR count). The predicted octanol–water partition coefficient (Wildman–Crippen LogP) is 1.68. The molecule has 0 saturated carbocycles. The Hall–Kier alpha value is -2.04. The maximum atomic E-state index is 11.9. The molecule has 2 aromatic rings. The van der Waals surface area contributed by atoms with Crippen LogP contribution in [0.25, 0.3) is 0 Å². The summed E-state index contributed by atoms with van der Waals surface area (Å²) >= 11 is 0. The molecule has 2 aromatic heterocycles. The molecule has 0 bridgehead atoms. The van der Waals surface area contributed by atoms with Crippen LogP contribution in [0.15, 0.2) is 30.7 Å². The van der Waals surface area contributed by atoms with Gasteiger partial charge in [-0.25, -0.2) is 0 Å². The van der Waals surface area contributed by atoms with Crippen molar-refractivity contribution in [1.82, 2.24) is 20.0 Å². The molecule has 0 unspecified atom stereocenters. The van der Waals surface area contributed by atoms with Crippen molar-refractivity contribution in [2.75, 3.05) is 0 Å². The van der Waals surface area contributed by atoms with Crippen molar-refractivity contribution in [3.63, 3.8) is 0 Å². The van der Waals surface area contributed by atoms with Crippen molar-refractivity contribution < 1.29 is 4.79 Å². The van der Waals surface area contributed by atoms with Crippen LogP contribution in [0.1, 0.15) is 35.9 Å². The summed E-state index contributed by atoms with van der Waals surface area (Å²) in [6.45, 7) is 4.09. The lowest BCUT2D eigenvalue weighted by Crippen LogP contribution is -2.07. The summed E-state index contributed by atoms with van der Waals surface area (Å²) < 4.78 is 1.84. The van der Waals surface area contributed by atoms with Gasteiger partial charge >= 0.3 is 0 Å². The Labute approximate surface area is 99.5 Å². The van der Waals surface area contributed by atoms with Gasteiger partial charge in [0.1, 0.15) is 0 Å².